The number of sulfonamides is 1. The third-order valence-corrected chi connectivity index (χ3v) is 12.2. The van der Waals surface area contributed by atoms with Crippen molar-refractivity contribution < 1.29 is 36.3 Å². The van der Waals surface area contributed by atoms with E-state index in [4.69, 9.17) is 9.72 Å². The molecule has 2 saturated carbocycles. The van der Waals surface area contributed by atoms with Crippen LogP contribution in [0.15, 0.2) is 48.5 Å². The molecule has 2 N–H and O–H groups in total. The molecule has 2 aliphatic carbocycles. The minimum absolute atomic E-state index is 0.0754. The monoisotopic (exact) mass is 682 g/mol. The van der Waals surface area contributed by atoms with Gasteiger partial charge in [0.25, 0.3) is 5.91 Å². The summed E-state index contributed by atoms with van der Waals surface area (Å²) < 4.78 is 64.2. The maximum Gasteiger partial charge on any atom is 0.259 e. The number of amides is 3. The van der Waals surface area contributed by atoms with E-state index in [0.717, 1.165) is 21.7 Å². The Morgan fingerprint density at radius 2 is 1.69 bits per heavy atom. The molecule has 0 unspecified atom stereocenters. The Bertz CT molecular complexity index is 1890. The lowest BCUT2D eigenvalue weighted by Crippen LogP contribution is -2.57. The summed E-state index contributed by atoms with van der Waals surface area (Å²) in [5.41, 5.74) is -1.09. The number of rotatable bonds is 5. The van der Waals surface area contributed by atoms with Gasteiger partial charge in [-0.05, 0) is 55.5 Å². The zero-order chi connectivity index (χ0) is 33.8. The van der Waals surface area contributed by atoms with Crippen LogP contribution in [0.2, 0.25) is 0 Å². The number of nitrogens with one attached hydrogen (secondary N) is 2. The van der Waals surface area contributed by atoms with Gasteiger partial charge >= 0.3 is 0 Å². The van der Waals surface area contributed by atoms with Gasteiger partial charge in [-0.1, -0.05) is 56.2 Å². The smallest absolute Gasteiger partial charge is 0.259 e. The van der Waals surface area contributed by atoms with Crippen LogP contribution in [-0.2, 0) is 24.4 Å². The van der Waals surface area contributed by atoms with Crippen LogP contribution in [-0.4, -0.2) is 71.4 Å². The second-order valence-electron chi connectivity index (χ2n) is 14.1. The van der Waals surface area contributed by atoms with Crippen molar-refractivity contribution in [3.05, 3.63) is 48.5 Å². The summed E-state index contributed by atoms with van der Waals surface area (Å²) in [6.45, 7) is 1.85. The van der Waals surface area contributed by atoms with Gasteiger partial charge in [0.1, 0.15) is 17.7 Å². The minimum atomic E-state index is -4.00. The number of benzene rings is 2. The summed E-state index contributed by atoms with van der Waals surface area (Å²) in [4.78, 5) is 47.7. The quantitative estimate of drug-likeness (QED) is 0.368. The molecule has 7 rings (SSSR count). The lowest BCUT2D eigenvalue weighted by atomic mass is 9.98. The first kappa shape index (κ1) is 32.7. The topological polar surface area (TPSA) is 135 Å². The summed E-state index contributed by atoms with van der Waals surface area (Å²) in [7, 11) is -4.00. The minimum Gasteiger partial charge on any atom is -0.472 e. The Hall–Kier alpha value is -3.87. The molecular weight excluding hydrogens is 642 g/mol. The lowest BCUT2D eigenvalue weighted by molar-refractivity contribution is -0.142. The summed E-state index contributed by atoms with van der Waals surface area (Å²) in [5.74, 6) is -6.12. The van der Waals surface area contributed by atoms with E-state index >= 15 is 8.78 Å². The van der Waals surface area contributed by atoms with E-state index in [1.807, 2.05) is 48.5 Å². The number of fused-ring (bicyclic) bond motifs is 5. The van der Waals surface area contributed by atoms with Gasteiger partial charge in [-0.3, -0.25) is 19.1 Å². The van der Waals surface area contributed by atoms with Crippen molar-refractivity contribution in [3.8, 4) is 5.88 Å². The standard InChI is InChI=1S/C35H40F2N4O6S/c1-21-9-3-2-8-16-34(36,37)18-22-19-35(22,33(44)40-48(45,46)24-14-15-24)39-30(42)29-17-23(20-41(29)32(21)43)47-31-27-12-5-4-10-25(27)26-11-6-7-13-28(26)38-31/h4-7,10-13,21-24,29H,2-3,8-9,14-20H2,1H3,(H,39,42)(H,40,44)/t21-,22+,23+,29-,35+/m0/s1. The van der Waals surface area contributed by atoms with Gasteiger partial charge in [-0.15, -0.1) is 0 Å². The number of halogens is 2. The Morgan fingerprint density at radius 1 is 0.979 bits per heavy atom. The fourth-order valence-electron chi connectivity index (χ4n) is 7.42. The first-order valence-corrected chi connectivity index (χ1v) is 18.4. The van der Waals surface area contributed by atoms with Crippen LogP contribution >= 0.6 is 0 Å². The number of para-hydroxylation sites is 1. The first-order chi connectivity index (χ1) is 22.9. The summed E-state index contributed by atoms with van der Waals surface area (Å²) in [6.07, 6.45) is 0.911. The number of aromatic nitrogens is 1. The molecule has 1 aromatic heterocycles. The molecule has 3 heterocycles. The molecule has 0 bridgehead atoms. The van der Waals surface area contributed by atoms with Gasteiger partial charge < -0.3 is 15.0 Å². The molecule has 48 heavy (non-hydrogen) atoms. The fourth-order valence-corrected chi connectivity index (χ4v) is 8.79. The second-order valence-corrected chi connectivity index (χ2v) is 16.0. The number of hydrogen-bond donors (Lipinski definition) is 2. The predicted octanol–water partition coefficient (Wildman–Crippen LogP) is 4.85. The Labute approximate surface area is 278 Å². The van der Waals surface area contributed by atoms with Crippen molar-refractivity contribution in [2.75, 3.05) is 6.54 Å². The maximum absolute atomic E-state index is 15.1. The van der Waals surface area contributed by atoms with E-state index in [0.29, 0.717) is 38.0 Å². The predicted molar refractivity (Wildman–Crippen MR) is 175 cm³/mol. The van der Waals surface area contributed by atoms with Crippen LogP contribution in [0.1, 0.15) is 71.1 Å². The van der Waals surface area contributed by atoms with Crippen molar-refractivity contribution in [3.63, 3.8) is 0 Å². The maximum atomic E-state index is 15.1. The molecule has 4 aliphatic rings. The van der Waals surface area contributed by atoms with E-state index in [1.165, 1.54) is 4.90 Å². The average molecular weight is 683 g/mol. The zero-order valence-electron chi connectivity index (χ0n) is 26.8. The molecule has 13 heteroatoms. The highest BCUT2D eigenvalue weighted by Crippen LogP contribution is 2.51. The van der Waals surface area contributed by atoms with Gasteiger partial charge in [-0.2, -0.15) is 0 Å². The molecule has 3 amide bonds. The van der Waals surface area contributed by atoms with Crippen LogP contribution < -0.4 is 14.8 Å². The highest BCUT2D eigenvalue weighted by Gasteiger charge is 2.65. The summed E-state index contributed by atoms with van der Waals surface area (Å²) in [5, 5.41) is 4.65. The van der Waals surface area contributed by atoms with Gasteiger partial charge in [0.15, 0.2) is 0 Å². The highest BCUT2D eigenvalue weighted by atomic mass is 32.2. The highest BCUT2D eigenvalue weighted by molar-refractivity contribution is 7.91. The molecule has 5 atom stereocenters. The van der Waals surface area contributed by atoms with Crippen molar-refractivity contribution in [2.24, 2.45) is 11.8 Å². The SMILES string of the molecule is C[C@H]1CCCCCC(F)(F)C[C@@H]2C[C@@]2(C(=O)NS(=O)(=O)C2CC2)NC(=O)[C@@H]2C[C@@H](Oc3nc4ccccc4c4ccccc34)CN2C1=O. The molecule has 0 radical (unpaired) electrons. The number of alkyl halides is 2. The molecule has 0 spiro atoms. The average Bonchev–Trinajstić information content (AvgIpc) is 3.97. The van der Waals surface area contributed by atoms with Crippen molar-refractivity contribution in [1.29, 1.82) is 0 Å². The van der Waals surface area contributed by atoms with Crippen LogP contribution in [0, 0.1) is 11.8 Å². The number of ether oxygens (including phenoxy) is 1. The number of carbonyl (C=O) groups is 3. The van der Waals surface area contributed by atoms with Crippen molar-refractivity contribution in [1.82, 2.24) is 19.9 Å². The van der Waals surface area contributed by atoms with Crippen LogP contribution in [0.4, 0.5) is 8.78 Å². The van der Waals surface area contributed by atoms with Gasteiger partial charge in [0.2, 0.25) is 33.6 Å². The van der Waals surface area contributed by atoms with Crippen molar-refractivity contribution >= 4 is 49.4 Å². The summed E-state index contributed by atoms with van der Waals surface area (Å²) in [6, 6.07) is 14.3. The molecule has 2 saturated heterocycles. The van der Waals surface area contributed by atoms with Crippen molar-refractivity contribution in [2.45, 2.75) is 100.0 Å². The molecule has 2 aliphatic heterocycles. The van der Waals surface area contributed by atoms with Gasteiger partial charge in [0, 0.05) is 36.0 Å². The number of hydrogen-bond acceptors (Lipinski definition) is 7. The molecule has 10 nitrogen and oxygen atoms in total. The van der Waals surface area contributed by atoms with E-state index in [1.54, 1.807) is 6.92 Å². The Kier molecular flexibility index (Phi) is 8.32. The van der Waals surface area contributed by atoms with Crippen LogP contribution in [0.5, 0.6) is 5.88 Å². The Balaban J connectivity index is 1.19. The second kappa shape index (κ2) is 12.2. The largest absolute Gasteiger partial charge is 0.472 e. The number of carbonyl (C=O) groups excluding carboxylic acids is 3. The first-order valence-electron chi connectivity index (χ1n) is 16.9. The van der Waals surface area contributed by atoms with Crippen LogP contribution in [0.3, 0.4) is 0 Å². The van der Waals surface area contributed by atoms with E-state index in [9.17, 15) is 22.8 Å². The number of nitrogens with zero attached hydrogens (tertiary/aromatic N) is 2. The molecular formula is C35H40F2N4O6S. The molecule has 256 valence electrons. The van der Waals surface area contributed by atoms with E-state index in [-0.39, 0.29) is 38.1 Å². The molecule has 3 aromatic rings. The molecule has 2 aromatic carbocycles. The van der Waals surface area contributed by atoms with E-state index in [2.05, 4.69) is 10.0 Å². The number of pyridine rings is 1. The third kappa shape index (κ3) is 6.33. The summed E-state index contributed by atoms with van der Waals surface area (Å²) >= 11 is 0. The lowest BCUT2D eigenvalue weighted by Gasteiger charge is -2.28. The molecule has 4 fully saturated rings. The fraction of sp³-hybridized carbons (Fsp3) is 0.543. The normalized spacial score (nSPS) is 29.7. The van der Waals surface area contributed by atoms with E-state index < -0.39 is 69.0 Å². The Morgan fingerprint density at radius 3 is 2.44 bits per heavy atom. The van der Waals surface area contributed by atoms with Gasteiger partial charge in [0.05, 0.1) is 17.3 Å². The zero-order valence-corrected chi connectivity index (χ0v) is 27.6. The van der Waals surface area contributed by atoms with Crippen LogP contribution in [0.25, 0.3) is 21.7 Å². The van der Waals surface area contributed by atoms with Gasteiger partial charge in [-0.25, -0.2) is 22.2 Å². The third-order valence-electron chi connectivity index (χ3n) is 10.4.